The number of rotatable bonds is 5. The summed E-state index contributed by atoms with van der Waals surface area (Å²) < 4.78 is 0.428. The second-order valence-corrected chi connectivity index (χ2v) is 8.69. The summed E-state index contributed by atoms with van der Waals surface area (Å²) in [5.74, 6) is -0.292. The van der Waals surface area contributed by atoms with Gasteiger partial charge in [0.05, 0.1) is 4.91 Å². The highest BCUT2D eigenvalue weighted by Crippen LogP contribution is 2.33. The monoisotopic (exact) mass is 396 g/mol. The van der Waals surface area contributed by atoms with Crippen LogP contribution in [-0.4, -0.2) is 56.8 Å². The van der Waals surface area contributed by atoms with E-state index in [1.165, 1.54) is 16.7 Å². The molecule has 8 heteroatoms. The van der Waals surface area contributed by atoms with E-state index < -0.39 is 0 Å². The summed E-state index contributed by atoms with van der Waals surface area (Å²) in [5.41, 5.74) is 0. The van der Waals surface area contributed by atoms with E-state index in [1.807, 2.05) is 23.6 Å². The van der Waals surface area contributed by atoms with Gasteiger partial charge in [0.2, 0.25) is 5.91 Å². The molecular weight excluding hydrogens is 376 g/mol. The van der Waals surface area contributed by atoms with Crippen molar-refractivity contribution in [3.05, 3.63) is 27.3 Å². The first-order chi connectivity index (χ1) is 12.1. The molecule has 0 aromatic carbocycles. The van der Waals surface area contributed by atoms with Crippen molar-refractivity contribution < 1.29 is 14.7 Å². The van der Waals surface area contributed by atoms with Crippen molar-refractivity contribution in [3.8, 4) is 0 Å². The third-order valence-corrected chi connectivity index (χ3v) is 6.59. The van der Waals surface area contributed by atoms with E-state index in [0.29, 0.717) is 22.2 Å². The second-order valence-electron chi connectivity index (χ2n) is 6.03. The number of likely N-dealkylation sites (tertiary alicyclic amines) is 1. The summed E-state index contributed by atoms with van der Waals surface area (Å²) in [6.45, 7) is 0.733. The number of amides is 2. The minimum atomic E-state index is -0.201. The van der Waals surface area contributed by atoms with Crippen LogP contribution < -0.4 is 0 Å². The summed E-state index contributed by atoms with van der Waals surface area (Å²) >= 11 is 8.11. The number of hydrogen-bond acceptors (Lipinski definition) is 6. The molecule has 0 saturated carbocycles. The van der Waals surface area contributed by atoms with E-state index in [1.54, 1.807) is 16.2 Å². The van der Waals surface area contributed by atoms with Gasteiger partial charge < -0.3 is 10.0 Å². The molecule has 2 aliphatic rings. The van der Waals surface area contributed by atoms with Crippen molar-refractivity contribution >= 4 is 57.5 Å². The summed E-state index contributed by atoms with van der Waals surface area (Å²) in [6.07, 6.45) is 5.35. The number of carbonyl (C=O) groups is 2. The van der Waals surface area contributed by atoms with Crippen LogP contribution >= 0.6 is 35.3 Å². The van der Waals surface area contributed by atoms with Gasteiger partial charge in [0.1, 0.15) is 10.9 Å². The lowest BCUT2D eigenvalue weighted by molar-refractivity contribution is -0.138. The van der Waals surface area contributed by atoms with Gasteiger partial charge in [-0.1, -0.05) is 30.0 Å². The predicted molar refractivity (Wildman–Crippen MR) is 105 cm³/mol. The lowest BCUT2D eigenvalue weighted by Gasteiger charge is -2.36. The Morgan fingerprint density at radius 1 is 1.44 bits per heavy atom. The van der Waals surface area contributed by atoms with Crippen LogP contribution in [0.25, 0.3) is 6.08 Å². The Morgan fingerprint density at radius 2 is 2.28 bits per heavy atom. The van der Waals surface area contributed by atoms with Crippen molar-refractivity contribution in [3.63, 3.8) is 0 Å². The van der Waals surface area contributed by atoms with E-state index >= 15 is 0 Å². The van der Waals surface area contributed by atoms with Crippen LogP contribution in [0.1, 0.15) is 30.6 Å². The molecule has 0 aliphatic carbocycles. The summed E-state index contributed by atoms with van der Waals surface area (Å²) in [5, 5.41) is 11.2. The molecule has 2 amide bonds. The van der Waals surface area contributed by atoms with Gasteiger partial charge in [-0.3, -0.25) is 14.5 Å². The lowest BCUT2D eigenvalue weighted by Crippen LogP contribution is -2.49. The third kappa shape index (κ3) is 4.31. The highest BCUT2D eigenvalue weighted by atomic mass is 32.2. The van der Waals surface area contributed by atoms with Crippen molar-refractivity contribution in [2.24, 2.45) is 0 Å². The summed E-state index contributed by atoms with van der Waals surface area (Å²) in [6, 6.07) is 3.93. The minimum Gasteiger partial charge on any atom is -0.396 e. The Bertz CT molecular complexity index is 685. The molecule has 0 radical (unpaired) electrons. The van der Waals surface area contributed by atoms with Crippen LogP contribution in [0.4, 0.5) is 0 Å². The fourth-order valence-corrected chi connectivity index (χ4v) is 5.12. The number of carbonyl (C=O) groups excluding carboxylic acids is 2. The Morgan fingerprint density at radius 3 is 3.00 bits per heavy atom. The SMILES string of the molecule is O=C1/C(=C\c2cccs2)SC(=S)N1CC(=O)N1CCCC[C@H]1CCO. The van der Waals surface area contributed by atoms with Gasteiger partial charge in [0, 0.05) is 24.1 Å². The smallest absolute Gasteiger partial charge is 0.266 e. The van der Waals surface area contributed by atoms with Gasteiger partial charge in [0.25, 0.3) is 5.91 Å². The molecule has 3 rings (SSSR count). The zero-order valence-electron chi connectivity index (χ0n) is 13.7. The average Bonchev–Trinajstić information content (AvgIpc) is 3.20. The van der Waals surface area contributed by atoms with E-state index in [9.17, 15) is 14.7 Å². The second kappa shape index (κ2) is 8.44. The molecule has 1 N–H and O–H groups in total. The third-order valence-electron chi connectivity index (χ3n) is 4.39. The molecule has 2 saturated heterocycles. The Hall–Kier alpha value is -1.22. The van der Waals surface area contributed by atoms with E-state index in [0.717, 1.165) is 24.1 Å². The highest BCUT2D eigenvalue weighted by molar-refractivity contribution is 8.26. The van der Waals surface area contributed by atoms with Crippen molar-refractivity contribution in [2.75, 3.05) is 19.7 Å². The molecule has 1 atom stereocenters. The number of thiocarbonyl (C=S) groups is 1. The first-order valence-corrected chi connectivity index (χ1v) is 10.4. The molecule has 5 nitrogen and oxygen atoms in total. The van der Waals surface area contributed by atoms with E-state index in [-0.39, 0.29) is 31.0 Å². The molecular formula is C17H20N2O3S3. The molecule has 0 bridgehead atoms. The zero-order chi connectivity index (χ0) is 17.8. The van der Waals surface area contributed by atoms with E-state index in [4.69, 9.17) is 12.2 Å². The van der Waals surface area contributed by atoms with Crippen LogP contribution in [0, 0.1) is 0 Å². The highest BCUT2D eigenvalue weighted by Gasteiger charge is 2.36. The summed E-state index contributed by atoms with van der Waals surface area (Å²) in [7, 11) is 0. The van der Waals surface area contributed by atoms with Crippen molar-refractivity contribution in [1.82, 2.24) is 9.80 Å². The normalized spacial score (nSPS) is 22.9. The number of aliphatic hydroxyl groups is 1. The molecule has 0 unspecified atom stereocenters. The van der Waals surface area contributed by atoms with Gasteiger partial charge in [-0.05, 0) is 43.2 Å². The van der Waals surface area contributed by atoms with Gasteiger partial charge in [-0.2, -0.15) is 0 Å². The Labute approximate surface area is 160 Å². The molecule has 2 aliphatic heterocycles. The number of thioether (sulfide) groups is 1. The van der Waals surface area contributed by atoms with Crippen LogP contribution in [-0.2, 0) is 9.59 Å². The Kier molecular flexibility index (Phi) is 6.27. The lowest BCUT2D eigenvalue weighted by atomic mass is 9.99. The molecule has 2 fully saturated rings. The number of hydrogen-bond donors (Lipinski definition) is 1. The first kappa shape index (κ1) is 18.6. The number of aliphatic hydroxyl groups excluding tert-OH is 1. The fraction of sp³-hybridized carbons (Fsp3) is 0.471. The minimum absolute atomic E-state index is 0.0195. The average molecular weight is 397 g/mol. The standard InChI is InChI=1S/C17H20N2O3S3/c20-8-6-12-4-1-2-7-18(12)15(21)11-19-16(22)14(25-17(19)23)10-13-5-3-9-24-13/h3,5,9-10,12,20H,1-2,4,6-8,11H2/b14-10+/t12-/m0/s1. The zero-order valence-corrected chi connectivity index (χ0v) is 16.2. The topological polar surface area (TPSA) is 60.9 Å². The van der Waals surface area contributed by atoms with Gasteiger partial charge in [0.15, 0.2) is 0 Å². The molecule has 1 aromatic heterocycles. The quantitative estimate of drug-likeness (QED) is 0.613. The van der Waals surface area contributed by atoms with Crippen LogP contribution in [0.5, 0.6) is 0 Å². The maximum atomic E-state index is 12.7. The van der Waals surface area contributed by atoms with E-state index in [2.05, 4.69) is 0 Å². The first-order valence-electron chi connectivity index (χ1n) is 8.29. The fourth-order valence-electron chi connectivity index (χ4n) is 3.14. The number of thiophene rings is 1. The van der Waals surface area contributed by atoms with Crippen molar-refractivity contribution in [2.45, 2.75) is 31.7 Å². The molecule has 3 heterocycles. The largest absolute Gasteiger partial charge is 0.396 e. The van der Waals surface area contributed by atoms with Gasteiger partial charge >= 0.3 is 0 Å². The maximum Gasteiger partial charge on any atom is 0.266 e. The molecule has 25 heavy (non-hydrogen) atoms. The summed E-state index contributed by atoms with van der Waals surface area (Å²) in [4.78, 5) is 30.1. The van der Waals surface area contributed by atoms with Gasteiger partial charge in [-0.15, -0.1) is 11.3 Å². The number of piperidine rings is 1. The van der Waals surface area contributed by atoms with Crippen LogP contribution in [0.3, 0.4) is 0 Å². The number of nitrogens with zero attached hydrogens (tertiary/aromatic N) is 2. The molecule has 1 aromatic rings. The van der Waals surface area contributed by atoms with Crippen LogP contribution in [0.2, 0.25) is 0 Å². The Balaban J connectivity index is 1.68. The van der Waals surface area contributed by atoms with Crippen LogP contribution in [0.15, 0.2) is 22.4 Å². The maximum absolute atomic E-state index is 12.7. The predicted octanol–water partition coefficient (Wildman–Crippen LogP) is 2.71. The van der Waals surface area contributed by atoms with Crippen molar-refractivity contribution in [1.29, 1.82) is 0 Å². The van der Waals surface area contributed by atoms with Gasteiger partial charge in [-0.25, -0.2) is 0 Å². The molecule has 0 spiro atoms. The molecule has 134 valence electrons.